The molecule has 2 aromatic rings. The SMILES string of the molecule is CC(=O)c1ccc(S(=O)(=O)N(C)CCCC(=O)NCC(c2ccccc2)N(C)C)cc1. The van der Waals surface area contributed by atoms with Gasteiger partial charge in [0.1, 0.15) is 0 Å². The quantitative estimate of drug-likeness (QED) is 0.538. The second-order valence-corrected chi connectivity index (χ2v) is 9.75. The number of benzene rings is 2. The van der Waals surface area contributed by atoms with Gasteiger partial charge in [-0.2, -0.15) is 0 Å². The van der Waals surface area contributed by atoms with Crippen molar-refractivity contribution < 1.29 is 18.0 Å². The van der Waals surface area contributed by atoms with E-state index in [4.69, 9.17) is 0 Å². The lowest BCUT2D eigenvalue weighted by Gasteiger charge is -2.25. The number of amides is 1. The van der Waals surface area contributed by atoms with Crippen LogP contribution in [0.4, 0.5) is 0 Å². The van der Waals surface area contributed by atoms with E-state index in [-0.39, 0.29) is 35.6 Å². The number of nitrogens with one attached hydrogen (secondary N) is 1. The molecule has 168 valence electrons. The van der Waals surface area contributed by atoms with Gasteiger partial charge in [-0.25, -0.2) is 12.7 Å². The summed E-state index contributed by atoms with van der Waals surface area (Å²) in [5.74, 6) is -0.230. The minimum atomic E-state index is -3.67. The molecule has 2 aromatic carbocycles. The van der Waals surface area contributed by atoms with Crippen molar-refractivity contribution in [3.05, 3.63) is 65.7 Å². The summed E-state index contributed by atoms with van der Waals surface area (Å²) in [5, 5.41) is 2.94. The van der Waals surface area contributed by atoms with Crippen molar-refractivity contribution in [2.45, 2.75) is 30.7 Å². The maximum absolute atomic E-state index is 12.7. The Labute approximate surface area is 185 Å². The van der Waals surface area contributed by atoms with Crippen molar-refractivity contribution in [2.24, 2.45) is 0 Å². The molecule has 31 heavy (non-hydrogen) atoms. The zero-order valence-electron chi connectivity index (χ0n) is 18.5. The molecule has 1 N–H and O–H groups in total. The van der Waals surface area contributed by atoms with Gasteiger partial charge in [-0.3, -0.25) is 9.59 Å². The fourth-order valence-corrected chi connectivity index (χ4v) is 4.41. The number of hydrogen-bond donors (Lipinski definition) is 1. The molecule has 0 aliphatic rings. The van der Waals surface area contributed by atoms with Gasteiger partial charge in [-0.15, -0.1) is 0 Å². The molecular formula is C23H31N3O4S. The van der Waals surface area contributed by atoms with Crippen molar-refractivity contribution in [3.63, 3.8) is 0 Å². The third kappa shape index (κ3) is 6.99. The highest BCUT2D eigenvalue weighted by atomic mass is 32.2. The Bertz CT molecular complexity index is 974. The third-order valence-corrected chi connectivity index (χ3v) is 7.02. The average molecular weight is 446 g/mol. The third-order valence-electron chi connectivity index (χ3n) is 5.15. The Balaban J connectivity index is 1.84. The number of ketones is 1. The molecule has 7 nitrogen and oxygen atoms in total. The topological polar surface area (TPSA) is 86.8 Å². The van der Waals surface area contributed by atoms with E-state index >= 15 is 0 Å². The van der Waals surface area contributed by atoms with Crippen molar-refractivity contribution in [1.29, 1.82) is 0 Å². The highest BCUT2D eigenvalue weighted by molar-refractivity contribution is 7.89. The second kappa shape index (κ2) is 11.2. The van der Waals surface area contributed by atoms with Crippen molar-refractivity contribution >= 4 is 21.7 Å². The highest BCUT2D eigenvalue weighted by Crippen LogP contribution is 2.18. The minimum absolute atomic E-state index is 0.0613. The molecule has 0 fully saturated rings. The van der Waals surface area contributed by atoms with Gasteiger partial charge in [0, 0.05) is 32.1 Å². The van der Waals surface area contributed by atoms with Crippen LogP contribution in [0, 0.1) is 0 Å². The number of sulfonamides is 1. The van der Waals surface area contributed by atoms with E-state index in [0.717, 1.165) is 5.56 Å². The van der Waals surface area contributed by atoms with Crippen LogP contribution in [0.1, 0.15) is 41.7 Å². The first-order valence-electron chi connectivity index (χ1n) is 10.2. The molecule has 0 aliphatic carbocycles. The fraction of sp³-hybridized carbons (Fsp3) is 0.391. The lowest BCUT2D eigenvalue weighted by atomic mass is 10.1. The van der Waals surface area contributed by atoms with E-state index in [2.05, 4.69) is 5.32 Å². The van der Waals surface area contributed by atoms with E-state index in [9.17, 15) is 18.0 Å². The molecule has 0 radical (unpaired) electrons. The first-order chi connectivity index (χ1) is 14.6. The predicted molar refractivity (Wildman–Crippen MR) is 121 cm³/mol. The maximum Gasteiger partial charge on any atom is 0.242 e. The summed E-state index contributed by atoms with van der Waals surface area (Å²) < 4.78 is 26.6. The summed E-state index contributed by atoms with van der Waals surface area (Å²) in [6.45, 7) is 2.13. The van der Waals surface area contributed by atoms with Gasteiger partial charge in [0.05, 0.1) is 10.9 Å². The van der Waals surface area contributed by atoms with Gasteiger partial charge < -0.3 is 10.2 Å². The van der Waals surface area contributed by atoms with Gasteiger partial charge in [0.2, 0.25) is 15.9 Å². The van der Waals surface area contributed by atoms with Gasteiger partial charge >= 0.3 is 0 Å². The van der Waals surface area contributed by atoms with Crippen LogP contribution >= 0.6 is 0 Å². The zero-order valence-corrected chi connectivity index (χ0v) is 19.4. The molecule has 0 saturated heterocycles. The number of Topliss-reactive ketones (excluding diaryl/α,β-unsaturated/α-hetero) is 1. The Morgan fingerprint density at radius 2 is 1.58 bits per heavy atom. The van der Waals surface area contributed by atoms with Crippen LogP contribution in [-0.2, 0) is 14.8 Å². The standard InChI is InChI=1S/C23H31N3O4S/c1-18(27)19-12-14-21(15-13-19)31(29,30)26(4)16-8-11-23(28)24-17-22(25(2)3)20-9-6-5-7-10-20/h5-7,9-10,12-15,22H,8,11,16-17H2,1-4H3,(H,24,28). The minimum Gasteiger partial charge on any atom is -0.354 e. The van der Waals surface area contributed by atoms with Crippen molar-refractivity contribution in [2.75, 3.05) is 34.2 Å². The summed E-state index contributed by atoms with van der Waals surface area (Å²) in [5.41, 5.74) is 1.58. The molecule has 1 amide bonds. The number of rotatable bonds is 11. The van der Waals surface area contributed by atoms with E-state index in [0.29, 0.717) is 18.5 Å². The molecule has 0 heterocycles. The number of hydrogen-bond acceptors (Lipinski definition) is 5. The van der Waals surface area contributed by atoms with Crippen LogP contribution in [0.3, 0.4) is 0 Å². The van der Waals surface area contributed by atoms with Crippen LogP contribution in [0.2, 0.25) is 0 Å². The molecule has 0 spiro atoms. The Hall–Kier alpha value is -2.55. The Morgan fingerprint density at radius 1 is 0.968 bits per heavy atom. The van der Waals surface area contributed by atoms with Gasteiger partial charge in [-0.05, 0) is 45.1 Å². The molecule has 0 aliphatic heterocycles. The van der Waals surface area contributed by atoms with Crippen LogP contribution in [0.25, 0.3) is 0 Å². The molecule has 1 unspecified atom stereocenters. The predicted octanol–water partition coefficient (Wildman–Crippen LogP) is 2.71. The van der Waals surface area contributed by atoms with Crippen LogP contribution in [-0.4, -0.2) is 63.5 Å². The molecule has 0 aromatic heterocycles. The van der Waals surface area contributed by atoms with Gasteiger partial charge in [0.25, 0.3) is 0 Å². The van der Waals surface area contributed by atoms with Gasteiger partial charge in [-0.1, -0.05) is 42.5 Å². The molecule has 0 bridgehead atoms. The Morgan fingerprint density at radius 3 is 2.13 bits per heavy atom. The normalized spacial score (nSPS) is 12.7. The molecule has 2 rings (SSSR count). The highest BCUT2D eigenvalue weighted by Gasteiger charge is 2.21. The molecule has 0 saturated carbocycles. The van der Waals surface area contributed by atoms with Gasteiger partial charge in [0.15, 0.2) is 5.78 Å². The fourth-order valence-electron chi connectivity index (χ4n) is 3.20. The number of nitrogens with zero attached hydrogens (tertiary/aromatic N) is 2. The van der Waals surface area contributed by atoms with Crippen LogP contribution in [0.15, 0.2) is 59.5 Å². The summed E-state index contributed by atoms with van der Waals surface area (Å²) in [4.78, 5) is 25.8. The average Bonchev–Trinajstić information content (AvgIpc) is 2.74. The van der Waals surface area contributed by atoms with E-state index < -0.39 is 10.0 Å². The summed E-state index contributed by atoms with van der Waals surface area (Å²) >= 11 is 0. The first-order valence-corrected chi connectivity index (χ1v) is 11.6. The lowest BCUT2D eigenvalue weighted by molar-refractivity contribution is -0.121. The van der Waals surface area contributed by atoms with Crippen molar-refractivity contribution in [1.82, 2.24) is 14.5 Å². The number of carbonyl (C=O) groups excluding carboxylic acids is 2. The molecule has 1 atom stereocenters. The zero-order chi connectivity index (χ0) is 23.0. The maximum atomic E-state index is 12.7. The lowest BCUT2D eigenvalue weighted by Crippen LogP contribution is -2.35. The monoisotopic (exact) mass is 445 g/mol. The number of carbonyl (C=O) groups is 2. The van der Waals surface area contributed by atoms with E-state index in [1.807, 2.05) is 49.3 Å². The summed E-state index contributed by atoms with van der Waals surface area (Å²) in [6.07, 6.45) is 0.642. The smallest absolute Gasteiger partial charge is 0.242 e. The number of likely N-dealkylation sites (N-methyl/N-ethyl adjacent to an activating group) is 1. The summed E-state index contributed by atoms with van der Waals surface area (Å²) in [7, 11) is 1.75. The van der Waals surface area contributed by atoms with Crippen LogP contribution in [0.5, 0.6) is 0 Å². The van der Waals surface area contributed by atoms with E-state index in [1.54, 1.807) is 0 Å². The Kier molecular flexibility index (Phi) is 8.91. The summed E-state index contributed by atoms with van der Waals surface area (Å²) in [6, 6.07) is 15.9. The van der Waals surface area contributed by atoms with Crippen LogP contribution < -0.4 is 5.32 Å². The molecule has 8 heteroatoms. The van der Waals surface area contributed by atoms with E-state index in [1.165, 1.54) is 42.5 Å². The van der Waals surface area contributed by atoms with Crippen molar-refractivity contribution in [3.8, 4) is 0 Å². The largest absolute Gasteiger partial charge is 0.354 e. The molecular weight excluding hydrogens is 414 g/mol. The second-order valence-electron chi connectivity index (χ2n) is 7.70. The first kappa shape index (κ1) is 24.7.